The molecule has 2 heterocycles. The number of hydrogen-bond acceptors (Lipinski definition) is 4. The van der Waals surface area contributed by atoms with Crippen molar-refractivity contribution in [3.8, 4) is 0 Å². The molecule has 3 aliphatic rings. The lowest BCUT2D eigenvalue weighted by atomic mass is 10.1. The molecule has 2 aliphatic heterocycles. The van der Waals surface area contributed by atoms with Crippen molar-refractivity contribution >= 4 is 29.9 Å². The number of guanidine groups is 1. The topological polar surface area (TPSA) is 58.1 Å². The van der Waals surface area contributed by atoms with Gasteiger partial charge in [0.25, 0.3) is 0 Å². The first-order valence-corrected chi connectivity index (χ1v) is 9.72. The van der Waals surface area contributed by atoms with Crippen LogP contribution in [0.1, 0.15) is 38.5 Å². The van der Waals surface area contributed by atoms with E-state index in [0.29, 0.717) is 12.0 Å². The molecule has 0 amide bonds. The van der Waals surface area contributed by atoms with E-state index in [1.54, 1.807) is 0 Å². The first kappa shape index (κ1) is 21.2. The maximum atomic E-state index is 5.74. The lowest BCUT2D eigenvalue weighted by Crippen LogP contribution is -2.49. The Morgan fingerprint density at radius 2 is 2.00 bits per heavy atom. The van der Waals surface area contributed by atoms with Gasteiger partial charge in [-0.3, -0.25) is 4.99 Å². The van der Waals surface area contributed by atoms with Gasteiger partial charge in [0.2, 0.25) is 0 Å². The van der Waals surface area contributed by atoms with E-state index in [1.165, 1.54) is 38.8 Å². The van der Waals surface area contributed by atoms with Gasteiger partial charge >= 0.3 is 0 Å². The summed E-state index contributed by atoms with van der Waals surface area (Å²) in [7, 11) is 1.85. The molecule has 3 rings (SSSR count). The normalized spacial score (nSPS) is 25.6. The molecule has 146 valence electrons. The molecule has 2 saturated heterocycles. The number of likely N-dealkylation sites (tertiary alicyclic amines) is 1. The maximum absolute atomic E-state index is 5.74. The fourth-order valence-electron chi connectivity index (χ4n) is 3.58. The Morgan fingerprint density at radius 3 is 2.64 bits per heavy atom. The molecule has 1 aliphatic carbocycles. The van der Waals surface area contributed by atoms with Gasteiger partial charge in [-0.05, 0) is 38.5 Å². The summed E-state index contributed by atoms with van der Waals surface area (Å²) in [5.41, 5.74) is 0. The van der Waals surface area contributed by atoms with Crippen LogP contribution in [0.2, 0.25) is 0 Å². The molecule has 0 aromatic carbocycles. The standard InChI is InChI=1S/C18H34N4O2.HI/c1-19-18(20-8-2-11-23-13-15-7-12-24-14-15)21-16-5-9-22(10-6-16)17-3-4-17;/h15-17H,2-14H2,1H3,(H2,19,20,21);1H. The molecule has 0 radical (unpaired) electrons. The van der Waals surface area contributed by atoms with Gasteiger partial charge in [-0.1, -0.05) is 0 Å². The number of nitrogens with zero attached hydrogens (tertiary/aromatic N) is 2. The van der Waals surface area contributed by atoms with Gasteiger partial charge in [0.05, 0.1) is 13.2 Å². The summed E-state index contributed by atoms with van der Waals surface area (Å²) >= 11 is 0. The maximum Gasteiger partial charge on any atom is 0.191 e. The van der Waals surface area contributed by atoms with Gasteiger partial charge in [0.1, 0.15) is 0 Å². The van der Waals surface area contributed by atoms with Gasteiger partial charge < -0.3 is 25.0 Å². The van der Waals surface area contributed by atoms with E-state index in [0.717, 1.165) is 57.8 Å². The summed E-state index contributed by atoms with van der Waals surface area (Å²) in [6.45, 7) is 6.79. The molecule has 0 bridgehead atoms. The minimum absolute atomic E-state index is 0. The summed E-state index contributed by atoms with van der Waals surface area (Å²) in [6, 6.07) is 1.46. The monoisotopic (exact) mass is 466 g/mol. The van der Waals surface area contributed by atoms with E-state index in [9.17, 15) is 0 Å². The van der Waals surface area contributed by atoms with Crippen LogP contribution in [0.5, 0.6) is 0 Å². The average Bonchev–Trinajstić information content (AvgIpc) is 3.34. The van der Waals surface area contributed by atoms with Crippen molar-refractivity contribution in [3.63, 3.8) is 0 Å². The highest BCUT2D eigenvalue weighted by molar-refractivity contribution is 14.0. The van der Waals surface area contributed by atoms with Crippen LogP contribution in [-0.4, -0.2) is 76.1 Å². The van der Waals surface area contributed by atoms with Crippen LogP contribution in [0.4, 0.5) is 0 Å². The zero-order valence-corrected chi connectivity index (χ0v) is 17.9. The van der Waals surface area contributed by atoms with Crippen LogP contribution in [0.15, 0.2) is 4.99 Å². The lowest BCUT2D eigenvalue weighted by Gasteiger charge is -2.33. The Kier molecular flexibility index (Phi) is 9.80. The van der Waals surface area contributed by atoms with Crippen LogP contribution in [0.25, 0.3) is 0 Å². The quantitative estimate of drug-likeness (QED) is 0.248. The van der Waals surface area contributed by atoms with Gasteiger partial charge in [0, 0.05) is 57.9 Å². The fourth-order valence-corrected chi connectivity index (χ4v) is 3.58. The Bertz CT molecular complexity index is 393. The summed E-state index contributed by atoms with van der Waals surface area (Å²) < 4.78 is 11.1. The predicted octanol–water partition coefficient (Wildman–Crippen LogP) is 1.84. The molecule has 2 N–H and O–H groups in total. The largest absolute Gasteiger partial charge is 0.381 e. The molecule has 0 aromatic rings. The molecule has 1 saturated carbocycles. The second kappa shape index (κ2) is 11.6. The number of nitrogens with one attached hydrogen (secondary N) is 2. The Balaban J connectivity index is 0.00000225. The molecule has 25 heavy (non-hydrogen) atoms. The van der Waals surface area contributed by atoms with Crippen LogP contribution in [0.3, 0.4) is 0 Å². The summed E-state index contributed by atoms with van der Waals surface area (Å²) in [5.74, 6) is 1.54. The minimum Gasteiger partial charge on any atom is -0.381 e. The second-order valence-electron chi connectivity index (χ2n) is 7.34. The Hall–Kier alpha value is -0.120. The SMILES string of the molecule is CN=C(NCCCOCC1CCOC1)NC1CCN(C2CC2)CC1.I. The van der Waals surface area contributed by atoms with E-state index >= 15 is 0 Å². The van der Waals surface area contributed by atoms with Crippen LogP contribution in [0, 0.1) is 5.92 Å². The highest BCUT2D eigenvalue weighted by Crippen LogP contribution is 2.29. The van der Waals surface area contributed by atoms with E-state index in [1.807, 2.05) is 7.05 Å². The van der Waals surface area contributed by atoms with Crippen molar-refractivity contribution in [2.75, 3.05) is 53.1 Å². The summed E-state index contributed by atoms with van der Waals surface area (Å²) in [6.07, 6.45) is 7.44. The number of rotatable bonds is 8. The minimum atomic E-state index is 0. The average molecular weight is 466 g/mol. The number of halogens is 1. The number of ether oxygens (including phenoxy) is 2. The summed E-state index contributed by atoms with van der Waals surface area (Å²) in [4.78, 5) is 7.01. The fraction of sp³-hybridized carbons (Fsp3) is 0.944. The van der Waals surface area contributed by atoms with Gasteiger partial charge in [0.15, 0.2) is 5.96 Å². The Labute approximate surface area is 169 Å². The van der Waals surface area contributed by atoms with E-state index in [-0.39, 0.29) is 24.0 Å². The Morgan fingerprint density at radius 1 is 1.20 bits per heavy atom. The van der Waals surface area contributed by atoms with Crippen molar-refractivity contribution in [1.29, 1.82) is 0 Å². The van der Waals surface area contributed by atoms with E-state index in [4.69, 9.17) is 9.47 Å². The molecule has 1 atom stereocenters. The molecular weight excluding hydrogens is 431 g/mol. The third-order valence-electron chi connectivity index (χ3n) is 5.29. The van der Waals surface area contributed by atoms with Crippen LogP contribution in [-0.2, 0) is 9.47 Å². The zero-order valence-electron chi connectivity index (χ0n) is 15.5. The number of piperidine rings is 1. The van der Waals surface area contributed by atoms with Crippen LogP contribution >= 0.6 is 24.0 Å². The van der Waals surface area contributed by atoms with E-state index in [2.05, 4.69) is 20.5 Å². The smallest absolute Gasteiger partial charge is 0.191 e. The number of aliphatic imine (C=N–C) groups is 1. The molecule has 0 aromatic heterocycles. The molecule has 7 heteroatoms. The molecule has 6 nitrogen and oxygen atoms in total. The van der Waals surface area contributed by atoms with Gasteiger partial charge in [-0.2, -0.15) is 0 Å². The van der Waals surface area contributed by atoms with Crippen molar-refractivity contribution in [1.82, 2.24) is 15.5 Å². The van der Waals surface area contributed by atoms with Crippen molar-refractivity contribution in [3.05, 3.63) is 0 Å². The van der Waals surface area contributed by atoms with Crippen molar-refractivity contribution in [2.45, 2.75) is 50.6 Å². The third kappa shape index (κ3) is 7.56. The van der Waals surface area contributed by atoms with E-state index < -0.39 is 0 Å². The van der Waals surface area contributed by atoms with Crippen molar-refractivity contribution in [2.24, 2.45) is 10.9 Å². The summed E-state index contributed by atoms with van der Waals surface area (Å²) in [5, 5.41) is 6.99. The predicted molar refractivity (Wildman–Crippen MR) is 112 cm³/mol. The molecule has 0 spiro atoms. The lowest BCUT2D eigenvalue weighted by molar-refractivity contribution is 0.0888. The second-order valence-corrected chi connectivity index (χ2v) is 7.34. The first-order chi connectivity index (χ1) is 11.8. The highest BCUT2D eigenvalue weighted by atomic mass is 127. The molecule has 3 fully saturated rings. The first-order valence-electron chi connectivity index (χ1n) is 9.72. The molecular formula is C18H35IN4O2. The highest BCUT2D eigenvalue weighted by Gasteiger charge is 2.31. The number of hydrogen-bond donors (Lipinski definition) is 2. The van der Waals surface area contributed by atoms with Gasteiger partial charge in [-0.25, -0.2) is 0 Å². The van der Waals surface area contributed by atoms with Gasteiger partial charge in [-0.15, -0.1) is 24.0 Å². The zero-order chi connectivity index (χ0) is 16.6. The van der Waals surface area contributed by atoms with Crippen molar-refractivity contribution < 1.29 is 9.47 Å². The van der Waals surface area contributed by atoms with Crippen LogP contribution < -0.4 is 10.6 Å². The molecule has 1 unspecified atom stereocenters. The third-order valence-corrected chi connectivity index (χ3v) is 5.29.